The van der Waals surface area contributed by atoms with Crippen molar-refractivity contribution in [1.82, 2.24) is 9.88 Å². The van der Waals surface area contributed by atoms with Crippen LogP contribution in [0.4, 0.5) is 0 Å². The molecule has 0 radical (unpaired) electrons. The number of hydrogen-bond donors (Lipinski definition) is 1. The van der Waals surface area contributed by atoms with Crippen molar-refractivity contribution in [2.45, 2.75) is 32.7 Å². The third-order valence-corrected chi connectivity index (χ3v) is 5.06. The fourth-order valence-corrected chi connectivity index (χ4v) is 3.06. The van der Waals surface area contributed by atoms with Gasteiger partial charge in [0, 0.05) is 18.3 Å². The van der Waals surface area contributed by atoms with Crippen molar-refractivity contribution in [2.75, 3.05) is 12.8 Å². The van der Waals surface area contributed by atoms with E-state index in [1.807, 2.05) is 24.4 Å². The Kier molecular flexibility index (Phi) is 3.78. The Labute approximate surface area is 112 Å². The maximum Gasteiger partial charge on any atom is 0.223 e. The molecule has 2 rings (SSSR count). The van der Waals surface area contributed by atoms with Crippen LogP contribution in [0.15, 0.2) is 5.51 Å². The lowest BCUT2D eigenvalue weighted by molar-refractivity contribution is -0.131. The number of aromatic nitrogens is 1. The average molecular weight is 270 g/mol. The van der Waals surface area contributed by atoms with Crippen molar-refractivity contribution in [3.8, 4) is 0 Å². The molecule has 5 heteroatoms. The fraction of sp³-hybridized carbons (Fsp3) is 0.667. The molecule has 17 heavy (non-hydrogen) atoms. The van der Waals surface area contributed by atoms with Gasteiger partial charge in [-0.25, -0.2) is 4.98 Å². The van der Waals surface area contributed by atoms with Gasteiger partial charge in [0.25, 0.3) is 0 Å². The van der Waals surface area contributed by atoms with Crippen LogP contribution in [-0.2, 0) is 11.3 Å². The number of rotatable bonds is 5. The zero-order valence-electron chi connectivity index (χ0n) is 10.3. The molecule has 1 amide bonds. The quantitative estimate of drug-likeness (QED) is 0.834. The summed E-state index contributed by atoms with van der Waals surface area (Å²) in [5, 5.41) is 0. The van der Waals surface area contributed by atoms with Gasteiger partial charge in [-0.05, 0) is 30.9 Å². The summed E-state index contributed by atoms with van der Waals surface area (Å²) >= 11 is 5.95. The first-order chi connectivity index (χ1) is 8.06. The number of thiazole rings is 1. The monoisotopic (exact) mass is 270 g/mol. The van der Waals surface area contributed by atoms with E-state index in [1.54, 1.807) is 11.3 Å². The molecule has 0 aliphatic heterocycles. The molecule has 94 valence electrons. The lowest BCUT2D eigenvalue weighted by Crippen LogP contribution is -2.28. The lowest BCUT2D eigenvalue weighted by Gasteiger charge is -2.19. The molecule has 0 saturated heterocycles. The molecular formula is C12H18N2OS2. The minimum atomic E-state index is 0.206. The molecule has 1 heterocycles. The number of hydrogen-bond acceptors (Lipinski definition) is 4. The van der Waals surface area contributed by atoms with E-state index in [2.05, 4.69) is 17.6 Å². The van der Waals surface area contributed by atoms with Gasteiger partial charge in [0.2, 0.25) is 5.91 Å². The number of carbonyl (C=O) groups excluding carboxylic acids is 1. The van der Waals surface area contributed by atoms with Crippen molar-refractivity contribution < 1.29 is 4.79 Å². The maximum atomic E-state index is 12.1. The molecule has 0 unspecified atom stereocenters. The first kappa shape index (κ1) is 12.9. The Hall–Kier alpha value is -0.550. The Morgan fingerprint density at radius 3 is 2.82 bits per heavy atom. The summed E-state index contributed by atoms with van der Waals surface area (Å²) < 4.78 is 0. The molecular weight excluding hydrogens is 252 g/mol. The average Bonchev–Trinajstić information content (AvgIpc) is 2.97. The number of aryl methyl sites for hydroxylation is 1. The summed E-state index contributed by atoms with van der Waals surface area (Å²) in [6.07, 6.45) is 2.94. The van der Waals surface area contributed by atoms with Crippen LogP contribution in [0.3, 0.4) is 0 Å². The molecule has 1 aliphatic carbocycles. The van der Waals surface area contributed by atoms with Gasteiger partial charge in [-0.3, -0.25) is 4.79 Å². The smallest absolute Gasteiger partial charge is 0.223 e. The van der Waals surface area contributed by atoms with E-state index < -0.39 is 0 Å². The van der Waals surface area contributed by atoms with E-state index >= 15 is 0 Å². The van der Waals surface area contributed by atoms with Crippen LogP contribution in [0.25, 0.3) is 0 Å². The SMILES string of the molecule is Cc1ncsc1CN(C)C(=O)CC1(CS)CC1. The number of carbonyl (C=O) groups is 1. The summed E-state index contributed by atoms with van der Waals surface area (Å²) in [5.41, 5.74) is 3.07. The summed E-state index contributed by atoms with van der Waals surface area (Å²) in [6, 6.07) is 0. The van der Waals surface area contributed by atoms with E-state index in [1.165, 1.54) is 4.88 Å². The molecule has 1 aromatic heterocycles. The van der Waals surface area contributed by atoms with E-state index in [0.29, 0.717) is 13.0 Å². The maximum absolute atomic E-state index is 12.1. The molecule has 1 saturated carbocycles. The third-order valence-electron chi connectivity index (χ3n) is 3.47. The Bertz CT molecular complexity index is 412. The highest BCUT2D eigenvalue weighted by atomic mass is 32.1. The van der Waals surface area contributed by atoms with E-state index in [9.17, 15) is 4.79 Å². The fourth-order valence-electron chi connectivity index (χ4n) is 1.80. The van der Waals surface area contributed by atoms with E-state index in [0.717, 1.165) is 24.3 Å². The van der Waals surface area contributed by atoms with Crippen LogP contribution in [-0.4, -0.2) is 28.6 Å². The van der Waals surface area contributed by atoms with Crippen LogP contribution in [0.2, 0.25) is 0 Å². The second kappa shape index (κ2) is 4.98. The van der Waals surface area contributed by atoms with Crippen molar-refractivity contribution in [2.24, 2.45) is 5.41 Å². The number of nitrogens with zero attached hydrogens (tertiary/aromatic N) is 2. The largest absolute Gasteiger partial charge is 0.341 e. The molecule has 0 atom stereocenters. The van der Waals surface area contributed by atoms with Gasteiger partial charge >= 0.3 is 0 Å². The van der Waals surface area contributed by atoms with Gasteiger partial charge in [0.15, 0.2) is 0 Å². The summed E-state index contributed by atoms with van der Waals surface area (Å²) in [7, 11) is 1.87. The van der Waals surface area contributed by atoms with Gasteiger partial charge < -0.3 is 4.90 Å². The first-order valence-corrected chi connectivity index (χ1v) is 7.31. The molecule has 0 bridgehead atoms. The number of thiol groups is 1. The van der Waals surface area contributed by atoms with Gasteiger partial charge in [-0.2, -0.15) is 12.6 Å². The summed E-state index contributed by atoms with van der Waals surface area (Å²) in [4.78, 5) is 19.3. The van der Waals surface area contributed by atoms with Crippen LogP contribution in [0, 0.1) is 12.3 Å². The Morgan fingerprint density at radius 2 is 2.35 bits per heavy atom. The van der Waals surface area contributed by atoms with Crippen LogP contribution < -0.4 is 0 Å². The molecule has 1 fully saturated rings. The minimum Gasteiger partial charge on any atom is -0.341 e. The highest BCUT2D eigenvalue weighted by molar-refractivity contribution is 7.80. The highest BCUT2D eigenvalue weighted by Gasteiger charge is 2.43. The van der Waals surface area contributed by atoms with Crippen LogP contribution >= 0.6 is 24.0 Å². The van der Waals surface area contributed by atoms with Crippen molar-refractivity contribution in [3.05, 3.63) is 16.1 Å². The molecule has 1 aliphatic rings. The zero-order chi connectivity index (χ0) is 12.5. The molecule has 3 nitrogen and oxygen atoms in total. The van der Waals surface area contributed by atoms with Crippen molar-refractivity contribution in [3.63, 3.8) is 0 Å². The summed E-state index contributed by atoms with van der Waals surface area (Å²) in [6.45, 7) is 2.66. The molecule has 1 aromatic rings. The van der Waals surface area contributed by atoms with Crippen molar-refractivity contribution >= 4 is 29.9 Å². The van der Waals surface area contributed by atoms with Crippen LogP contribution in [0.5, 0.6) is 0 Å². The first-order valence-electron chi connectivity index (χ1n) is 5.80. The normalized spacial score (nSPS) is 16.9. The zero-order valence-corrected chi connectivity index (χ0v) is 12.0. The minimum absolute atomic E-state index is 0.206. The lowest BCUT2D eigenvalue weighted by atomic mass is 10.0. The topological polar surface area (TPSA) is 33.2 Å². The van der Waals surface area contributed by atoms with E-state index in [-0.39, 0.29) is 11.3 Å². The van der Waals surface area contributed by atoms with Gasteiger partial charge in [0.05, 0.1) is 17.7 Å². The second-order valence-electron chi connectivity index (χ2n) is 4.95. The highest BCUT2D eigenvalue weighted by Crippen LogP contribution is 2.49. The predicted octanol–water partition coefficient (Wildman–Crippen LogP) is 2.51. The van der Waals surface area contributed by atoms with Gasteiger partial charge in [-0.1, -0.05) is 0 Å². The standard InChI is InChI=1S/C12H18N2OS2/c1-9-10(17-8-13-9)6-14(2)11(15)5-12(7-16)3-4-12/h8,16H,3-7H2,1-2H3. The second-order valence-corrected chi connectivity index (χ2v) is 6.20. The van der Waals surface area contributed by atoms with Gasteiger partial charge in [-0.15, -0.1) is 11.3 Å². The van der Waals surface area contributed by atoms with Gasteiger partial charge in [0.1, 0.15) is 0 Å². The Balaban J connectivity index is 1.90. The molecule has 0 spiro atoms. The van der Waals surface area contributed by atoms with E-state index in [4.69, 9.17) is 0 Å². The predicted molar refractivity (Wildman–Crippen MR) is 73.5 cm³/mol. The summed E-state index contributed by atoms with van der Waals surface area (Å²) in [5.74, 6) is 1.05. The molecule has 0 aromatic carbocycles. The third kappa shape index (κ3) is 3.01. The number of amides is 1. The Morgan fingerprint density at radius 1 is 1.65 bits per heavy atom. The van der Waals surface area contributed by atoms with Crippen LogP contribution in [0.1, 0.15) is 29.8 Å². The molecule has 0 N–H and O–H groups in total. The van der Waals surface area contributed by atoms with Crippen molar-refractivity contribution in [1.29, 1.82) is 0 Å².